The molecule has 2 heteroatoms. The molecule has 0 aromatic heterocycles. The first-order valence-corrected chi connectivity index (χ1v) is 12.2. The van der Waals surface area contributed by atoms with Gasteiger partial charge in [0.25, 0.3) is 0 Å². The Morgan fingerprint density at radius 1 is 0.806 bits per heavy atom. The van der Waals surface area contributed by atoms with E-state index in [4.69, 9.17) is 4.74 Å². The minimum absolute atomic E-state index is 0.786. The monoisotopic (exact) mass is 426 g/mol. The molecule has 1 saturated carbocycles. The summed E-state index contributed by atoms with van der Waals surface area (Å²) >= 11 is 1.77. The topological polar surface area (TPSA) is 9.23 Å². The van der Waals surface area contributed by atoms with Crippen LogP contribution in [0.2, 0.25) is 0 Å². The molecule has 0 radical (unpaired) electrons. The van der Waals surface area contributed by atoms with E-state index in [0.717, 1.165) is 40.7 Å². The van der Waals surface area contributed by atoms with E-state index in [-0.39, 0.29) is 0 Å². The van der Waals surface area contributed by atoms with E-state index in [0.29, 0.717) is 0 Å². The van der Waals surface area contributed by atoms with Crippen LogP contribution in [0.4, 0.5) is 0 Å². The lowest BCUT2D eigenvalue weighted by atomic mass is 9.87. The van der Waals surface area contributed by atoms with E-state index in [1.807, 2.05) is 30.3 Å². The van der Waals surface area contributed by atoms with Crippen LogP contribution in [-0.2, 0) is 0 Å². The third-order valence-electron chi connectivity index (χ3n) is 5.75. The summed E-state index contributed by atoms with van der Waals surface area (Å²) in [6.07, 6.45) is 8.04. The summed E-state index contributed by atoms with van der Waals surface area (Å²) < 4.78 is 6.22. The Balaban J connectivity index is 1.51. The number of ether oxygens (including phenoxy) is 1. The molecule has 1 fully saturated rings. The van der Waals surface area contributed by atoms with Crippen molar-refractivity contribution in [2.45, 2.75) is 55.2 Å². The number of benzene rings is 3. The Morgan fingerprint density at radius 2 is 1.61 bits per heavy atom. The molecule has 1 nitrogen and oxygen atoms in total. The zero-order valence-electron chi connectivity index (χ0n) is 18.3. The van der Waals surface area contributed by atoms with Crippen molar-refractivity contribution < 1.29 is 4.74 Å². The van der Waals surface area contributed by atoms with E-state index >= 15 is 0 Å². The average molecular weight is 427 g/mol. The molecule has 0 atom stereocenters. The standard InChI is InChI=1S/C29H30OS/c1-23-9-8-14-28(19-23)31-29-21-26(16-15-24-10-4-2-5-11-24)20-27(22-29)30-18-17-25-12-6-3-7-13-25/h2,4-5,8-11,14,19-22,25H,3,6-7,12-13,17-18H2,1H3. The van der Waals surface area contributed by atoms with Gasteiger partial charge in [0.2, 0.25) is 0 Å². The number of rotatable bonds is 6. The smallest absolute Gasteiger partial charge is 0.121 e. The van der Waals surface area contributed by atoms with Crippen molar-refractivity contribution in [3.8, 4) is 17.6 Å². The highest BCUT2D eigenvalue weighted by atomic mass is 32.2. The molecule has 0 N–H and O–H groups in total. The summed E-state index contributed by atoms with van der Waals surface area (Å²) in [7, 11) is 0. The van der Waals surface area contributed by atoms with Gasteiger partial charge in [-0.15, -0.1) is 0 Å². The molecule has 158 valence electrons. The maximum atomic E-state index is 6.22. The summed E-state index contributed by atoms with van der Waals surface area (Å²) in [6, 6.07) is 25.2. The Bertz CT molecular complexity index is 1040. The molecule has 0 heterocycles. The summed E-state index contributed by atoms with van der Waals surface area (Å²) in [5.74, 6) is 8.37. The maximum Gasteiger partial charge on any atom is 0.121 e. The summed E-state index contributed by atoms with van der Waals surface area (Å²) in [5.41, 5.74) is 3.29. The predicted molar refractivity (Wildman–Crippen MR) is 131 cm³/mol. The quantitative estimate of drug-likeness (QED) is 0.371. The fraction of sp³-hybridized carbons (Fsp3) is 0.310. The van der Waals surface area contributed by atoms with Gasteiger partial charge in [0.15, 0.2) is 0 Å². The molecule has 3 aromatic rings. The number of hydrogen-bond acceptors (Lipinski definition) is 2. The zero-order chi connectivity index (χ0) is 21.3. The Morgan fingerprint density at radius 3 is 2.42 bits per heavy atom. The highest BCUT2D eigenvalue weighted by Crippen LogP contribution is 2.32. The molecule has 0 spiro atoms. The van der Waals surface area contributed by atoms with Gasteiger partial charge in [-0.1, -0.05) is 91.6 Å². The lowest BCUT2D eigenvalue weighted by molar-refractivity contribution is 0.246. The molecular formula is C29H30OS. The molecule has 0 aliphatic heterocycles. The molecule has 0 bridgehead atoms. The van der Waals surface area contributed by atoms with Crippen LogP contribution in [0.25, 0.3) is 0 Å². The minimum Gasteiger partial charge on any atom is -0.494 e. The van der Waals surface area contributed by atoms with Gasteiger partial charge < -0.3 is 4.74 Å². The third kappa shape index (κ3) is 6.94. The second kappa shape index (κ2) is 11.1. The predicted octanol–water partition coefficient (Wildman–Crippen LogP) is 7.90. The highest BCUT2D eigenvalue weighted by Gasteiger charge is 2.13. The SMILES string of the molecule is Cc1cccc(Sc2cc(C#Cc3ccccc3)cc(OCCC3CCCCC3)c2)c1. The molecule has 1 aliphatic rings. The van der Waals surface area contributed by atoms with Gasteiger partial charge in [-0.05, 0) is 61.7 Å². The van der Waals surface area contributed by atoms with Crippen LogP contribution < -0.4 is 4.74 Å². The van der Waals surface area contributed by atoms with E-state index in [1.54, 1.807) is 11.8 Å². The number of hydrogen-bond donors (Lipinski definition) is 0. The van der Waals surface area contributed by atoms with Gasteiger partial charge in [-0.2, -0.15) is 0 Å². The molecule has 31 heavy (non-hydrogen) atoms. The molecule has 0 saturated heterocycles. The van der Waals surface area contributed by atoms with Gasteiger partial charge in [0.1, 0.15) is 5.75 Å². The Kier molecular flexibility index (Phi) is 7.75. The zero-order valence-corrected chi connectivity index (χ0v) is 19.1. The first kappa shape index (κ1) is 21.6. The molecular weight excluding hydrogens is 396 g/mol. The van der Waals surface area contributed by atoms with Crippen molar-refractivity contribution in [1.82, 2.24) is 0 Å². The van der Waals surface area contributed by atoms with E-state index in [1.165, 1.54) is 42.6 Å². The fourth-order valence-electron chi connectivity index (χ4n) is 4.09. The van der Waals surface area contributed by atoms with Crippen LogP contribution in [-0.4, -0.2) is 6.61 Å². The Labute approximate surface area is 191 Å². The van der Waals surface area contributed by atoms with Gasteiger partial charge in [-0.3, -0.25) is 0 Å². The third-order valence-corrected chi connectivity index (χ3v) is 6.71. The first-order chi connectivity index (χ1) is 15.2. The number of aryl methyl sites for hydroxylation is 1. The summed E-state index contributed by atoms with van der Waals surface area (Å²) in [6.45, 7) is 2.92. The van der Waals surface area contributed by atoms with Crippen LogP contribution in [0.1, 0.15) is 55.2 Å². The largest absolute Gasteiger partial charge is 0.494 e. The summed E-state index contributed by atoms with van der Waals surface area (Å²) in [4.78, 5) is 2.40. The van der Waals surface area contributed by atoms with E-state index in [2.05, 4.69) is 61.2 Å². The molecule has 4 rings (SSSR count). The Hall–Kier alpha value is -2.63. The van der Waals surface area contributed by atoms with Gasteiger partial charge in [0, 0.05) is 20.9 Å². The van der Waals surface area contributed by atoms with Gasteiger partial charge in [0.05, 0.1) is 6.61 Å². The normalized spacial score (nSPS) is 14.0. The first-order valence-electron chi connectivity index (χ1n) is 11.3. The van der Waals surface area contributed by atoms with Crippen LogP contribution in [0.15, 0.2) is 82.6 Å². The summed E-state index contributed by atoms with van der Waals surface area (Å²) in [5, 5.41) is 0. The maximum absolute atomic E-state index is 6.22. The second-order valence-corrected chi connectivity index (χ2v) is 9.52. The molecule has 0 amide bonds. The fourth-order valence-corrected chi connectivity index (χ4v) is 5.11. The average Bonchev–Trinajstić information content (AvgIpc) is 2.79. The van der Waals surface area contributed by atoms with Crippen LogP contribution in [0.5, 0.6) is 5.75 Å². The lowest BCUT2D eigenvalue weighted by Crippen LogP contribution is -2.10. The van der Waals surface area contributed by atoms with Crippen molar-refractivity contribution in [2.24, 2.45) is 5.92 Å². The van der Waals surface area contributed by atoms with Gasteiger partial charge in [-0.25, -0.2) is 0 Å². The molecule has 1 aliphatic carbocycles. The van der Waals surface area contributed by atoms with E-state index < -0.39 is 0 Å². The highest BCUT2D eigenvalue weighted by molar-refractivity contribution is 7.99. The minimum atomic E-state index is 0.786. The van der Waals surface area contributed by atoms with Crippen molar-refractivity contribution >= 4 is 11.8 Å². The van der Waals surface area contributed by atoms with Crippen molar-refractivity contribution in [1.29, 1.82) is 0 Å². The van der Waals surface area contributed by atoms with E-state index in [9.17, 15) is 0 Å². The van der Waals surface area contributed by atoms with Crippen LogP contribution >= 0.6 is 11.8 Å². The molecule has 3 aromatic carbocycles. The van der Waals surface area contributed by atoms with Crippen molar-refractivity contribution in [2.75, 3.05) is 6.61 Å². The molecule has 0 unspecified atom stereocenters. The van der Waals surface area contributed by atoms with Crippen LogP contribution in [0, 0.1) is 24.7 Å². The second-order valence-electron chi connectivity index (χ2n) is 8.37. The lowest BCUT2D eigenvalue weighted by Gasteiger charge is -2.21. The van der Waals surface area contributed by atoms with Crippen molar-refractivity contribution in [3.63, 3.8) is 0 Å². The van der Waals surface area contributed by atoms with Crippen molar-refractivity contribution in [3.05, 3.63) is 89.5 Å². The van der Waals surface area contributed by atoms with Gasteiger partial charge >= 0.3 is 0 Å². The van der Waals surface area contributed by atoms with Crippen LogP contribution in [0.3, 0.4) is 0 Å².